The Kier molecular flexibility index (Phi) is 5.02. The van der Waals surface area contributed by atoms with Crippen LogP contribution in [-0.2, 0) is 11.3 Å². The van der Waals surface area contributed by atoms with Gasteiger partial charge in [0.25, 0.3) is 0 Å². The average Bonchev–Trinajstić information content (AvgIpc) is 2.47. The van der Waals surface area contributed by atoms with Crippen LogP contribution < -0.4 is 4.74 Å². The van der Waals surface area contributed by atoms with E-state index in [0.29, 0.717) is 29.5 Å². The Morgan fingerprint density at radius 3 is 2.50 bits per heavy atom. The molecule has 20 heavy (non-hydrogen) atoms. The molecule has 0 radical (unpaired) electrons. The van der Waals surface area contributed by atoms with Gasteiger partial charge in [-0.15, -0.1) is 0 Å². The molecule has 3 nitrogen and oxygen atoms in total. The van der Waals surface area contributed by atoms with E-state index in [2.05, 4.69) is 0 Å². The van der Waals surface area contributed by atoms with Crippen LogP contribution in [0.4, 0.5) is 0 Å². The van der Waals surface area contributed by atoms with Crippen molar-refractivity contribution in [2.24, 2.45) is 0 Å². The molecule has 0 atom stereocenters. The highest BCUT2D eigenvalue weighted by Gasteiger charge is 2.11. The van der Waals surface area contributed by atoms with E-state index in [4.69, 9.17) is 21.1 Å². The normalized spacial score (nSPS) is 10.1. The van der Waals surface area contributed by atoms with Gasteiger partial charge in [0, 0.05) is 10.6 Å². The predicted molar refractivity (Wildman–Crippen MR) is 78.2 cm³/mol. The van der Waals surface area contributed by atoms with Crippen molar-refractivity contribution < 1.29 is 14.3 Å². The van der Waals surface area contributed by atoms with Gasteiger partial charge in [0.2, 0.25) is 0 Å². The fourth-order valence-corrected chi connectivity index (χ4v) is 1.87. The fourth-order valence-electron chi connectivity index (χ4n) is 1.75. The van der Waals surface area contributed by atoms with Gasteiger partial charge in [-0.05, 0) is 37.3 Å². The summed E-state index contributed by atoms with van der Waals surface area (Å²) in [5, 5.41) is 0.657. The van der Waals surface area contributed by atoms with E-state index in [9.17, 15) is 4.79 Å². The molecule has 0 fully saturated rings. The van der Waals surface area contributed by atoms with E-state index < -0.39 is 0 Å². The summed E-state index contributed by atoms with van der Waals surface area (Å²) in [6.45, 7) is 2.44. The number of rotatable bonds is 5. The molecular weight excluding hydrogens is 276 g/mol. The van der Waals surface area contributed by atoms with E-state index >= 15 is 0 Å². The number of hydrogen-bond acceptors (Lipinski definition) is 3. The molecule has 0 saturated heterocycles. The van der Waals surface area contributed by atoms with Gasteiger partial charge < -0.3 is 9.47 Å². The summed E-state index contributed by atoms with van der Waals surface area (Å²) >= 11 is 5.81. The first-order valence-electron chi connectivity index (χ1n) is 6.34. The molecule has 0 bridgehead atoms. The van der Waals surface area contributed by atoms with Crippen LogP contribution in [0.1, 0.15) is 22.8 Å². The van der Waals surface area contributed by atoms with Crippen molar-refractivity contribution in [3.63, 3.8) is 0 Å². The van der Waals surface area contributed by atoms with Crippen molar-refractivity contribution >= 4 is 17.6 Å². The maximum absolute atomic E-state index is 11.8. The second-order valence-electron chi connectivity index (χ2n) is 4.12. The SMILES string of the molecule is CCOC(=O)c1ccccc1COc1ccc(Cl)cc1. The van der Waals surface area contributed by atoms with E-state index in [1.54, 1.807) is 43.3 Å². The van der Waals surface area contributed by atoms with Crippen LogP contribution in [0.5, 0.6) is 5.75 Å². The molecule has 0 heterocycles. The average molecular weight is 291 g/mol. The monoisotopic (exact) mass is 290 g/mol. The molecule has 0 spiro atoms. The molecule has 0 amide bonds. The third kappa shape index (κ3) is 3.75. The summed E-state index contributed by atoms with van der Waals surface area (Å²) in [7, 11) is 0. The summed E-state index contributed by atoms with van der Waals surface area (Å²) in [6.07, 6.45) is 0. The Morgan fingerprint density at radius 2 is 1.80 bits per heavy atom. The lowest BCUT2D eigenvalue weighted by Gasteiger charge is -2.10. The Bertz CT molecular complexity index is 579. The molecule has 2 aromatic rings. The third-order valence-electron chi connectivity index (χ3n) is 2.72. The van der Waals surface area contributed by atoms with Crippen molar-refractivity contribution in [3.8, 4) is 5.75 Å². The summed E-state index contributed by atoms with van der Waals surface area (Å²) in [5.74, 6) is 0.371. The first kappa shape index (κ1) is 14.4. The van der Waals surface area contributed by atoms with Crippen molar-refractivity contribution in [2.45, 2.75) is 13.5 Å². The van der Waals surface area contributed by atoms with Crippen LogP contribution >= 0.6 is 11.6 Å². The summed E-state index contributed by atoms with van der Waals surface area (Å²) in [6, 6.07) is 14.3. The predicted octanol–water partition coefficient (Wildman–Crippen LogP) is 4.10. The number of ether oxygens (including phenoxy) is 2. The highest BCUT2D eigenvalue weighted by atomic mass is 35.5. The number of carbonyl (C=O) groups is 1. The summed E-state index contributed by atoms with van der Waals surface area (Å²) in [4.78, 5) is 11.8. The molecular formula is C16H15ClO3. The Labute approximate surface area is 123 Å². The molecule has 0 saturated carbocycles. The molecule has 104 valence electrons. The van der Waals surface area contributed by atoms with E-state index in [-0.39, 0.29) is 5.97 Å². The summed E-state index contributed by atoms with van der Waals surface area (Å²) in [5.41, 5.74) is 1.32. The molecule has 0 aromatic heterocycles. The second kappa shape index (κ2) is 6.96. The number of benzene rings is 2. The first-order valence-corrected chi connectivity index (χ1v) is 6.72. The third-order valence-corrected chi connectivity index (χ3v) is 2.97. The Morgan fingerprint density at radius 1 is 1.10 bits per heavy atom. The zero-order valence-electron chi connectivity index (χ0n) is 11.1. The van der Waals surface area contributed by atoms with Crippen LogP contribution in [0.15, 0.2) is 48.5 Å². The molecule has 0 N–H and O–H groups in total. The van der Waals surface area contributed by atoms with Crippen LogP contribution in [0.3, 0.4) is 0 Å². The van der Waals surface area contributed by atoms with Crippen molar-refractivity contribution in [1.29, 1.82) is 0 Å². The standard InChI is InChI=1S/C16H15ClO3/c1-2-19-16(18)15-6-4-3-5-12(15)11-20-14-9-7-13(17)8-10-14/h3-10H,2,11H2,1H3. The molecule has 4 heteroatoms. The Balaban J connectivity index is 2.09. The Hall–Kier alpha value is -2.00. The lowest BCUT2D eigenvalue weighted by atomic mass is 10.1. The molecule has 2 aromatic carbocycles. The first-order chi connectivity index (χ1) is 9.70. The van der Waals surface area contributed by atoms with Gasteiger partial charge in [0.15, 0.2) is 0 Å². The van der Waals surface area contributed by atoms with Gasteiger partial charge in [-0.25, -0.2) is 4.79 Å². The van der Waals surface area contributed by atoms with Gasteiger partial charge in [0.05, 0.1) is 12.2 Å². The molecule has 0 unspecified atom stereocenters. The topological polar surface area (TPSA) is 35.5 Å². The maximum Gasteiger partial charge on any atom is 0.338 e. The zero-order chi connectivity index (χ0) is 14.4. The van der Waals surface area contributed by atoms with Gasteiger partial charge in [-0.3, -0.25) is 0 Å². The van der Waals surface area contributed by atoms with Gasteiger partial charge in [-0.1, -0.05) is 29.8 Å². The molecule has 0 aliphatic heterocycles. The minimum Gasteiger partial charge on any atom is -0.489 e. The minimum absolute atomic E-state index is 0.302. The highest BCUT2D eigenvalue weighted by Crippen LogP contribution is 2.18. The highest BCUT2D eigenvalue weighted by molar-refractivity contribution is 6.30. The van der Waals surface area contributed by atoms with E-state index in [0.717, 1.165) is 5.56 Å². The van der Waals surface area contributed by atoms with Crippen LogP contribution in [0.25, 0.3) is 0 Å². The number of halogens is 1. The largest absolute Gasteiger partial charge is 0.489 e. The fraction of sp³-hybridized carbons (Fsp3) is 0.188. The van der Waals surface area contributed by atoms with Crippen molar-refractivity contribution in [3.05, 3.63) is 64.7 Å². The second-order valence-corrected chi connectivity index (χ2v) is 4.56. The van der Waals surface area contributed by atoms with Gasteiger partial charge in [0.1, 0.15) is 12.4 Å². The lowest BCUT2D eigenvalue weighted by molar-refractivity contribution is 0.0523. The van der Waals surface area contributed by atoms with Crippen molar-refractivity contribution in [1.82, 2.24) is 0 Å². The minimum atomic E-state index is -0.331. The number of esters is 1. The number of carbonyl (C=O) groups excluding carboxylic acids is 1. The van der Waals surface area contributed by atoms with E-state index in [1.807, 2.05) is 12.1 Å². The molecule has 0 aliphatic rings. The van der Waals surface area contributed by atoms with Crippen LogP contribution in [0.2, 0.25) is 5.02 Å². The van der Waals surface area contributed by atoms with Gasteiger partial charge in [-0.2, -0.15) is 0 Å². The number of hydrogen-bond donors (Lipinski definition) is 0. The molecule has 0 aliphatic carbocycles. The van der Waals surface area contributed by atoms with Crippen LogP contribution in [-0.4, -0.2) is 12.6 Å². The zero-order valence-corrected chi connectivity index (χ0v) is 11.9. The quantitative estimate of drug-likeness (QED) is 0.778. The molecule has 2 rings (SSSR count). The smallest absolute Gasteiger partial charge is 0.338 e. The van der Waals surface area contributed by atoms with Crippen LogP contribution in [0, 0.1) is 0 Å². The maximum atomic E-state index is 11.8. The van der Waals surface area contributed by atoms with Crippen molar-refractivity contribution in [2.75, 3.05) is 6.61 Å². The van der Waals surface area contributed by atoms with E-state index in [1.165, 1.54) is 0 Å². The van der Waals surface area contributed by atoms with Gasteiger partial charge >= 0.3 is 5.97 Å². The lowest BCUT2D eigenvalue weighted by Crippen LogP contribution is -2.09. The summed E-state index contributed by atoms with van der Waals surface area (Å²) < 4.78 is 10.7.